The molecular formula is C18H17Cl2F3N2O2. The summed E-state index contributed by atoms with van der Waals surface area (Å²) < 4.78 is 38.9. The summed E-state index contributed by atoms with van der Waals surface area (Å²) in [5, 5.41) is 14.0. The van der Waals surface area contributed by atoms with E-state index < -0.39 is 30.0 Å². The maximum absolute atomic E-state index is 13.0. The van der Waals surface area contributed by atoms with Crippen molar-refractivity contribution in [2.24, 2.45) is 5.92 Å². The minimum atomic E-state index is -4.36. The Morgan fingerprint density at radius 3 is 2.74 bits per heavy atom. The van der Waals surface area contributed by atoms with Gasteiger partial charge in [-0.25, -0.2) is 4.98 Å². The summed E-state index contributed by atoms with van der Waals surface area (Å²) in [5.41, 5.74) is -0.997. The van der Waals surface area contributed by atoms with Crippen molar-refractivity contribution in [3.63, 3.8) is 0 Å². The number of carbonyl (C=O) groups excluding carboxylic acids is 1. The molecule has 1 amide bonds. The van der Waals surface area contributed by atoms with E-state index in [4.69, 9.17) is 23.2 Å². The molecule has 0 radical (unpaired) electrons. The molecular weight excluding hydrogens is 404 g/mol. The molecule has 1 aliphatic carbocycles. The van der Waals surface area contributed by atoms with Crippen LogP contribution in [0.15, 0.2) is 24.3 Å². The van der Waals surface area contributed by atoms with Gasteiger partial charge in [0, 0.05) is 11.9 Å². The number of aliphatic hydroxyl groups is 1. The molecule has 1 aromatic carbocycles. The van der Waals surface area contributed by atoms with E-state index in [9.17, 15) is 23.1 Å². The van der Waals surface area contributed by atoms with Gasteiger partial charge in [-0.3, -0.25) is 4.79 Å². The largest absolute Gasteiger partial charge is 0.391 e. The molecule has 1 fully saturated rings. The molecule has 1 heterocycles. The van der Waals surface area contributed by atoms with Gasteiger partial charge >= 0.3 is 6.18 Å². The number of halogens is 5. The highest BCUT2D eigenvalue weighted by atomic mass is 35.5. The fourth-order valence-electron chi connectivity index (χ4n) is 3.50. The lowest BCUT2D eigenvalue weighted by Crippen LogP contribution is -2.48. The number of hydrogen-bond donors (Lipinski definition) is 2. The fraction of sp³-hybridized carbons (Fsp3) is 0.444. The maximum Gasteiger partial charge on any atom is 0.391 e. The molecule has 1 aromatic heterocycles. The molecule has 1 aliphatic rings. The zero-order valence-electron chi connectivity index (χ0n) is 14.1. The number of amides is 1. The van der Waals surface area contributed by atoms with E-state index in [0.29, 0.717) is 10.9 Å². The monoisotopic (exact) mass is 420 g/mol. The summed E-state index contributed by atoms with van der Waals surface area (Å²) in [6.45, 7) is -0.286. The standard InChI is InChI=1S/C18H17Cl2F3N2O2/c19-12-4-5-13-11(3-6-14(20)25-13)15(12)16(26)24-9-17(27)7-1-2-10(8-17)18(21,22)23/h3-6,10,27H,1-2,7-9H2,(H,24,26). The number of nitrogens with one attached hydrogen (secondary N) is 1. The number of rotatable bonds is 3. The van der Waals surface area contributed by atoms with Crippen LogP contribution in [0.25, 0.3) is 10.9 Å². The molecule has 0 spiro atoms. The van der Waals surface area contributed by atoms with E-state index in [0.717, 1.165) is 0 Å². The highest BCUT2D eigenvalue weighted by molar-refractivity contribution is 6.36. The molecule has 4 nitrogen and oxygen atoms in total. The highest BCUT2D eigenvalue weighted by Gasteiger charge is 2.47. The number of nitrogens with zero attached hydrogens (tertiary/aromatic N) is 1. The summed E-state index contributed by atoms with van der Waals surface area (Å²) in [6, 6.07) is 6.22. The summed E-state index contributed by atoms with van der Waals surface area (Å²) in [5.74, 6) is -2.15. The second-order valence-corrected chi connectivity index (χ2v) is 7.66. The van der Waals surface area contributed by atoms with Crippen LogP contribution in [0.3, 0.4) is 0 Å². The second-order valence-electron chi connectivity index (χ2n) is 6.86. The normalized spacial score (nSPS) is 23.4. The zero-order valence-corrected chi connectivity index (χ0v) is 15.6. The average Bonchev–Trinajstić information content (AvgIpc) is 2.59. The van der Waals surface area contributed by atoms with Gasteiger partial charge < -0.3 is 10.4 Å². The molecule has 146 valence electrons. The lowest BCUT2D eigenvalue weighted by atomic mass is 9.77. The third-order valence-electron chi connectivity index (χ3n) is 4.88. The van der Waals surface area contributed by atoms with Crippen molar-refractivity contribution in [1.82, 2.24) is 10.3 Å². The second kappa shape index (κ2) is 7.45. The first kappa shape index (κ1) is 20.2. The number of aromatic nitrogens is 1. The van der Waals surface area contributed by atoms with Crippen molar-refractivity contribution in [2.75, 3.05) is 6.54 Å². The van der Waals surface area contributed by atoms with Crippen LogP contribution in [-0.4, -0.2) is 34.3 Å². The van der Waals surface area contributed by atoms with Crippen molar-refractivity contribution < 1.29 is 23.1 Å². The van der Waals surface area contributed by atoms with E-state index in [1.54, 1.807) is 12.1 Å². The van der Waals surface area contributed by atoms with Crippen LogP contribution in [-0.2, 0) is 0 Å². The van der Waals surface area contributed by atoms with E-state index in [-0.39, 0.29) is 41.5 Å². The van der Waals surface area contributed by atoms with Crippen molar-refractivity contribution >= 4 is 40.0 Å². The first-order valence-corrected chi connectivity index (χ1v) is 9.17. The van der Waals surface area contributed by atoms with Gasteiger partial charge in [-0.1, -0.05) is 23.2 Å². The van der Waals surface area contributed by atoms with Crippen LogP contribution in [0.5, 0.6) is 0 Å². The minimum Gasteiger partial charge on any atom is -0.388 e. The molecule has 3 rings (SSSR count). The number of carbonyl (C=O) groups is 1. The fourth-order valence-corrected chi connectivity index (χ4v) is 3.90. The summed E-state index contributed by atoms with van der Waals surface area (Å²) in [4.78, 5) is 16.8. The lowest BCUT2D eigenvalue weighted by Gasteiger charge is -2.37. The minimum absolute atomic E-state index is 0.0126. The number of hydrogen-bond acceptors (Lipinski definition) is 3. The quantitative estimate of drug-likeness (QED) is 0.703. The van der Waals surface area contributed by atoms with Crippen LogP contribution in [0.1, 0.15) is 36.0 Å². The predicted octanol–water partition coefficient (Wildman–Crippen LogP) is 4.76. The number of benzene rings is 1. The van der Waals surface area contributed by atoms with Crippen molar-refractivity contribution in [3.8, 4) is 0 Å². The Kier molecular flexibility index (Phi) is 5.57. The smallest absolute Gasteiger partial charge is 0.388 e. The average molecular weight is 421 g/mol. The molecule has 27 heavy (non-hydrogen) atoms. The molecule has 0 aliphatic heterocycles. The summed E-state index contributed by atoms with van der Waals surface area (Å²) in [7, 11) is 0. The predicted molar refractivity (Wildman–Crippen MR) is 97.1 cm³/mol. The van der Waals surface area contributed by atoms with Gasteiger partial charge in [0.05, 0.1) is 27.6 Å². The Bertz CT molecular complexity index is 876. The van der Waals surface area contributed by atoms with Gasteiger partial charge in [-0.15, -0.1) is 0 Å². The molecule has 9 heteroatoms. The maximum atomic E-state index is 13.0. The third kappa shape index (κ3) is 4.47. The summed E-state index contributed by atoms with van der Waals surface area (Å²) >= 11 is 12.0. The van der Waals surface area contributed by atoms with Gasteiger partial charge in [0.1, 0.15) is 5.15 Å². The van der Waals surface area contributed by atoms with Crippen LogP contribution in [0, 0.1) is 5.92 Å². The molecule has 0 bridgehead atoms. The van der Waals surface area contributed by atoms with E-state index >= 15 is 0 Å². The molecule has 2 atom stereocenters. The molecule has 2 aromatic rings. The van der Waals surface area contributed by atoms with Gasteiger partial charge in [0.2, 0.25) is 0 Å². The number of pyridine rings is 1. The molecule has 2 unspecified atom stereocenters. The van der Waals surface area contributed by atoms with Crippen LogP contribution in [0.4, 0.5) is 13.2 Å². The van der Waals surface area contributed by atoms with Gasteiger partial charge in [-0.05, 0) is 49.9 Å². The molecule has 1 saturated carbocycles. The van der Waals surface area contributed by atoms with E-state index in [1.807, 2.05) is 0 Å². The SMILES string of the molecule is O=C(NCC1(O)CCCC(C(F)(F)F)C1)c1c(Cl)ccc2nc(Cl)ccc12. The Hall–Kier alpha value is -1.57. The van der Waals surface area contributed by atoms with Crippen molar-refractivity contribution in [2.45, 2.75) is 37.5 Å². The van der Waals surface area contributed by atoms with Gasteiger partial charge in [-0.2, -0.15) is 13.2 Å². The highest BCUT2D eigenvalue weighted by Crippen LogP contribution is 2.41. The number of alkyl halides is 3. The number of fused-ring (bicyclic) bond motifs is 1. The van der Waals surface area contributed by atoms with Crippen molar-refractivity contribution in [3.05, 3.63) is 40.0 Å². The van der Waals surface area contributed by atoms with Crippen LogP contribution >= 0.6 is 23.2 Å². The van der Waals surface area contributed by atoms with Crippen LogP contribution in [0.2, 0.25) is 10.2 Å². The first-order chi connectivity index (χ1) is 12.6. The molecule has 0 saturated heterocycles. The topological polar surface area (TPSA) is 62.2 Å². The van der Waals surface area contributed by atoms with E-state index in [2.05, 4.69) is 10.3 Å². The van der Waals surface area contributed by atoms with Crippen LogP contribution < -0.4 is 5.32 Å². The molecule has 2 N–H and O–H groups in total. The van der Waals surface area contributed by atoms with E-state index in [1.165, 1.54) is 12.1 Å². The summed E-state index contributed by atoms with van der Waals surface area (Å²) in [6.07, 6.45) is -4.37. The Morgan fingerprint density at radius 2 is 2.04 bits per heavy atom. The Morgan fingerprint density at radius 1 is 1.30 bits per heavy atom. The zero-order chi connectivity index (χ0) is 19.8. The lowest BCUT2D eigenvalue weighted by molar-refractivity contribution is -0.199. The first-order valence-electron chi connectivity index (χ1n) is 8.41. The van der Waals surface area contributed by atoms with Gasteiger partial charge in [0.25, 0.3) is 5.91 Å². The van der Waals surface area contributed by atoms with Crippen molar-refractivity contribution in [1.29, 1.82) is 0 Å². The third-order valence-corrected chi connectivity index (χ3v) is 5.40. The van der Waals surface area contributed by atoms with Gasteiger partial charge in [0.15, 0.2) is 0 Å². The Balaban J connectivity index is 1.78. The Labute approximate surface area is 163 Å².